The van der Waals surface area contributed by atoms with Gasteiger partial charge in [-0.25, -0.2) is 0 Å². The second kappa shape index (κ2) is 10.4. The Hall–Kier alpha value is -5.30. The molecule has 0 unspecified atom stereocenters. The summed E-state index contributed by atoms with van der Waals surface area (Å²) in [5, 5.41) is 17.4. The van der Waals surface area contributed by atoms with Gasteiger partial charge >= 0.3 is 7.48 Å². The fourth-order valence-corrected chi connectivity index (χ4v) is 6.87. The zero-order valence-electron chi connectivity index (χ0n) is 27.4. The Morgan fingerprint density at radius 1 is 0.583 bits per heavy atom. The van der Waals surface area contributed by atoms with E-state index < -0.39 is 11.2 Å². The lowest BCUT2D eigenvalue weighted by molar-refractivity contribution is -0.0893. The van der Waals surface area contributed by atoms with E-state index in [0.29, 0.717) is 7.48 Å². The molecule has 6 heteroatoms. The third-order valence-electron chi connectivity index (χ3n) is 10.2. The van der Waals surface area contributed by atoms with Gasteiger partial charge in [-0.15, -0.1) is 0 Å². The van der Waals surface area contributed by atoms with Crippen molar-refractivity contribution in [2.45, 2.75) is 38.9 Å². The van der Waals surface area contributed by atoms with E-state index >= 15 is 0 Å². The Balaban J connectivity index is 1.26. The van der Waals surface area contributed by atoms with Crippen LogP contribution in [0, 0.1) is 0 Å². The number of nitrogens with zero attached hydrogens (tertiary/aromatic N) is 1. The van der Waals surface area contributed by atoms with Crippen LogP contribution in [0.2, 0.25) is 0 Å². The van der Waals surface area contributed by atoms with Crippen molar-refractivity contribution in [1.82, 2.24) is 4.57 Å². The lowest BCUT2D eigenvalue weighted by Gasteiger charge is -2.37. The van der Waals surface area contributed by atoms with Crippen LogP contribution in [0.3, 0.4) is 0 Å². The SMILES string of the molecule is CC(C)(O)C(C)(C)OBc1ccc2c(c1)c1cc(-c3cccc4c3oc3ccccc34)ccc1n2-c1ccc2oc3ccccc3c2c1. The van der Waals surface area contributed by atoms with Gasteiger partial charge < -0.3 is 23.2 Å². The Labute approximate surface area is 278 Å². The van der Waals surface area contributed by atoms with Crippen molar-refractivity contribution in [2.24, 2.45) is 0 Å². The zero-order chi connectivity index (χ0) is 32.8. The first-order chi connectivity index (χ1) is 23.2. The fraction of sp³-hybridized carbons (Fsp3) is 0.143. The molecule has 0 saturated heterocycles. The van der Waals surface area contributed by atoms with Gasteiger partial charge in [0.15, 0.2) is 0 Å². The Morgan fingerprint density at radius 2 is 1.23 bits per heavy atom. The Bertz CT molecular complexity index is 2700. The summed E-state index contributed by atoms with van der Waals surface area (Å²) in [6.07, 6.45) is 0. The molecule has 0 atom stereocenters. The van der Waals surface area contributed by atoms with Crippen LogP contribution < -0.4 is 5.46 Å². The minimum atomic E-state index is -0.990. The van der Waals surface area contributed by atoms with Crippen molar-refractivity contribution in [3.8, 4) is 16.8 Å². The number of hydrogen-bond acceptors (Lipinski definition) is 4. The molecule has 0 saturated carbocycles. The highest BCUT2D eigenvalue weighted by molar-refractivity contribution is 6.47. The van der Waals surface area contributed by atoms with Gasteiger partial charge in [-0.2, -0.15) is 0 Å². The standard InChI is InChI=1S/C42H34BNO4/c1-41(2,45)42(3,4)48-43-26-17-20-36-33(23-26)32-22-25(28-12-9-13-31-29-10-5-8-15-38(29)47-40(28)31)16-19-35(32)44(36)27-18-21-39-34(24-27)30-11-6-7-14-37(30)46-39/h5-24,43,45H,1-4H3. The summed E-state index contributed by atoms with van der Waals surface area (Å²) in [7, 11) is 0.380. The van der Waals surface area contributed by atoms with Gasteiger partial charge in [0.2, 0.25) is 0 Å². The molecule has 9 aromatic rings. The summed E-state index contributed by atoms with van der Waals surface area (Å²) in [4.78, 5) is 0. The Kier molecular flexibility index (Phi) is 6.23. The summed E-state index contributed by atoms with van der Waals surface area (Å²) in [5.74, 6) is 0. The number of furan rings is 2. The molecule has 1 N–H and O–H groups in total. The van der Waals surface area contributed by atoms with Gasteiger partial charge in [-0.1, -0.05) is 78.3 Å². The highest BCUT2D eigenvalue weighted by atomic mass is 16.5. The van der Waals surface area contributed by atoms with Gasteiger partial charge in [0.25, 0.3) is 0 Å². The lowest BCUT2D eigenvalue weighted by atomic mass is 9.82. The number of para-hydroxylation sites is 3. The van der Waals surface area contributed by atoms with E-state index in [4.69, 9.17) is 13.5 Å². The van der Waals surface area contributed by atoms with Crippen molar-refractivity contribution >= 4 is 78.6 Å². The first-order valence-electron chi connectivity index (χ1n) is 16.4. The average Bonchev–Trinajstić information content (AvgIpc) is 3.75. The number of rotatable bonds is 6. The van der Waals surface area contributed by atoms with Gasteiger partial charge in [-0.05, 0) is 81.8 Å². The molecule has 0 amide bonds. The lowest BCUT2D eigenvalue weighted by Crippen LogP contribution is -2.49. The number of benzene rings is 6. The molecule has 3 heterocycles. The third-order valence-corrected chi connectivity index (χ3v) is 10.2. The minimum absolute atomic E-state index is 0.380. The topological polar surface area (TPSA) is 60.7 Å². The molecule has 0 fully saturated rings. The summed E-state index contributed by atoms with van der Waals surface area (Å²) < 4.78 is 21.2. The molecule has 0 radical (unpaired) electrons. The molecule has 3 aromatic heterocycles. The van der Waals surface area contributed by atoms with E-state index in [1.165, 1.54) is 0 Å². The quantitative estimate of drug-likeness (QED) is 0.187. The molecule has 0 bridgehead atoms. The first kappa shape index (κ1) is 28.9. The highest BCUT2D eigenvalue weighted by Crippen LogP contribution is 2.40. The maximum absolute atomic E-state index is 10.7. The second-order valence-electron chi connectivity index (χ2n) is 13.8. The van der Waals surface area contributed by atoms with E-state index in [-0.39, 0.29) is 0 Å². The molecule has 0 spiro atoms. The van der Waals surface area contributed by atoms with E-state index in [0.717, 1.165) is 88.0 Å². The maximum Gasteiger partial charge on any atom is 0.309 e. The molecule has 6 aromatic carbocycles. The van der Waals surface area contributed by atoms with Crippen LogP contribution >= 0.6 is 0 Å². The third kappa shape index (κ3) is 4.40. The molecule has 5 nitrogen and oxygen atoms in total. The van der Waals surface area contributed by atoms with Crippen molar-refractivity contribution < 1.29 is 18.6 Å². The summed E-state index contributed by atoms with van der Waals surface area (Å²) >= 11 is 0. The largest absolute Gasteiger partial charge is 0.456 e. The van der Waals surface area contributed by atoms with Crippen LogP contribution in [-0.2, 0) is 4.65 Å². The average molecular weight is 628 g/mol. The molecular weight excluding hydrogens is 593 g/mol. The molecule has 0 aliphatic heterocycles. The monoisotopic (exact) mass is 627 g/mol. The van der Waals surface area contributed by atoms with Crippen LogP contribution in [0.5, 0.6) is 0 Å². The van der Waals surface area contributed by atoms with E-state index in [1.807, 2.05) is 38.1 Å². The zero-order valence-corrected chi connectivity index (χ0v) is 27.4. The molecule has 9 rings (SSSR count). The van der Waals surface area contributed by atoms with Crippen LogP contribution in [-0.4, -0.2) is 28.4 Å². The van der Waals surface area contributed by atoms with Gasteiger partial charge in [0, 0.05) is 43.6 Å². The van der Waals surface area contributed by atoms with Crippen LogP contribution in [0.25, 0.3) is 82.5 Å². The van der Waals surface area contributed by atoms with Gasteiger partial charge in [0.05, 0.1) is 22.2 Å². The molecule has 0 aliphatic carbocycles. The number of aromatic nitrogens is 1. The molecular formula is C42H34BNO4. The van der Waals surface area contributed by atoms with Crippen LogP contribution in [0.1, 0.15) is 27.7 Å². The van der Waals surface area contributed by atoms with Gasteiger partial charge in [-0.3, -0.25) is 0 Å². The van der Waals surface area contributed by atoms with Crippen molar-refractivity contribution in [3.05, 3.63) is 121 Å². The normalized spacial score (nSPS) is 12.8. The fourth-order valence-electron chi connectivity index (χ4n) is 6.87. The molecule has 48 heavy (non-hydrogen) atoms. The summed E-state index contributed by atoms with van der Waals surface area (Å²) in [6.45, 7) is 7.43. The van der Waals surface area contributed by atoms with E-state index in [2.05, 4.69) is 102 Å². The summed E-state index contributed by atoms with van der Waals surface area (Å²) in [6, 6.07) is 42.4. The smallest absolute Gasteiger partial charge is 0.309 e. The Morgan fingerprint density at radius 3 is 2.00 bits per heavy atom. The first-order valence-corrected chi connectivity index (χ1v) is 16.4. The van der Waals surface area contributed by atoms with Crippen molar-refractivity contribution in [2.75, 3.05) is 0 Å². The predicted molar refractivity (Wildman–Crippen MR) is 199 cm³/mol. The summed E-state index contributed by atoms with van der Waals surface area (Å²) in [5.41, 5.74) is 8.28. The minimum Gasteiger partial charge on any atom is -0.456 e. The molecule has 234 valence electrons. The molecule has 0 aliphatic rings. The maximum atomic E-state index is 10.7. The second-order valence-corrected chi connectivity index (χ2v) is 13.8. The predicted octanol–water partition coefficient (Wildman–Crippen LogP) is 9.79. The van der Waals surface area contributed by atoms with Crippen LogP contribution in [0.4, 0.5) is 0 Å². The number of fused-ring (bicyclic) bond motifs is 9. The van der Waals surface area contributed by atoms with E-state index in [9.17, 15) is 5.11 Å². The van der Waals surface area contributed by atoms with Crippen molar-refractivity contribution in [3.63, 3.8) is 0 Å². The number of aliphatic hydroxyl groups is 1. The van der Waals surface area contributed by atoms with Crippen molar-refractivity contribution in [1.29, 1.82) is 0 Å². The van der Waals surface area contributed by atoms with E-state index in [1.54, 1.807) is 13.8 Å². The highest BCUT2D eigenvalue weighted by Gasteiger charge is 2.35. The van der Waals surface area contributed by atoms with Crippen LogP contribution in [0.15, 0.2) is 130 Å². The number of hydrogen-bond donors (Lipinski definition) is 1. The van der Waals surface area contributed by atoms with Gasteiger partial charge in [0.1, 0.15) is 22.3 Å².